The average molecular weight is 243 g/mol. The van der Waals surface area contributed by atoms with Crippen molar-refractivity contribution < 1.29 is 9.64 Å². The molecule has 90 valence electrons. The van der Waals surface area contributed by atoms with Crippen molar-refractivity contribution in [2.45, 2.75) is 20.8 Å². The van der Waals surface area contributed by atoms with Crippen molar-refractivity contribution in [3.8, 4) is 5.75 Å². The van der Waals surface area contributed by atoms with Gasteiger partial charge in [0, 0.05) is 0 Å². The van der Waals surface area contributed by atoms with Gasteiger partial charge in [-0.1, -0.05) is 17.7 Å². The molecule has 0 aliphatic carbocycles. The van der Waals surface area contributed by atoms with Gasteiger partial charge in [-0.05, 0) is 38.5 Å². The molecule has 0 radical (unpaired) electrons. The van der Waals surface area contributed by atoms with Crippen LogP contribution in [-0.2, 0) is 0 Å². The van der Waals surface area contributed by atoms with E-state index in [0.29, 0.717) is 5.02 Å². The van der Waals surface area contributed by atoms with Crippen LogP contribution in [0.15, 0.2) is 18.2 Å². The summed E-state index contributed by atoms with van der Waals surface area (Å²) in [5.74, 6) is 0.791. The molecule has 1 aromatic carbocycles. The predicted octanol–water partition coefficient (Wildman–Crippen LogP) is 1.95. The molecule has 0 saturated heterocycles. The molecule has 16 heavy (non-hydrogen) atoms. The summed E-state index contributed by atoms with van der Waals surface area (Å²) in [7, 11) is 0. The highest BCUT2D eigenvalue weighted by Crippen LogP contribution is 2.24. The molecule has 0 aliphatic heterocycles. The lowest BCUT2D eigenvalue weighted by Crippen LogP contribution is -3.12. The molecular weight excluding hydrogens is 222 g/mol. The maximum Gasteiger partial charge on any atom is 0.138 e. The zero-order valence-corrected chi connectivity index (χ0v) is 11.1. The number of hydrogen-bond donors (Lipinski definition) is 1. The Kier molecular flexibility index (Phi) is 5.64. The van der Waals surface area contributed by atoms with E-state index in [1.54, 1.807) is 4.90 Å². The van der Waals surface area contributed by atoms with Crippen molar-refractivity contribution in [2.75, 3.05) is 26.2 Å². The largest absolute Gasteiger partial charge is 0.486 e. The Morgan fingerprint density at radius 2 is 1.94 bits per heavy atom. The third-order valence-electron chi connectivity index (χ3n) is 2.80. The average Bonchev–Trinajstić information content (AvgIpc) is 2.27. The number of likely N-dealkylation sites (N-methyl/N-ethyl adjacent to an activating group) is 1. The van der Waals surface area contributed by atoms with Gasteiger partial charge in [-0.2, -0.15) is 0 Å². The van der Waals surface area contributed by atoms with Crippen LogP contribution in [0, 0.1) is 6.92 Å². The Morgan fingerprint density at radius 3 is 2.50 bits per heavy atom. The highest BCUT2D eigenvalue weighted by atomic mass is 35.5. The summed E-state index contributed by atoms with van der Waals surface area (Å²) in [6, 6.07) is 5.89. The van der Waals surface area contributed by atoms with Crippen molar-refractivity contribution in [2.24, 2.45) is 0 Å². The molecule has 1 rings (SSSR count). The Bertz CT molecular complexity index is 324. The third kappa shape index (κ3) is 4.03. The van der Waals surface area contributed by atoms with Crippen LogP contribution in [0.4, 0.5) is 0 Å². The molecule has 0 aliphatic rings. The van der Waals surface area contributed by atoms with Gasteiger partial charge in [0.05, 0.1) is 18.1 Å². The maximum absolute atomic E-state index is 6.08. The normalized spacial score (nSPS) is 10.8. The highest BCUT2D eigenvalue weighted by Gasteiger charge is 2.05. The molecule has 0 unspecified atom stereocenters. The molecule has 0 spiro atoms. The molecular formula is C13H21ClNO+. The second kappa shape index (κ2) is 6.77. The maximum atomic E-state index is 6.08. The first kappa shape index (κ1) is 13.3. The van der Waals surface area contributed by atoms with E-state index < -0.39 is 0 Å². The third-order valence-corrected chi connectivity index (χ3v) is 3.10. The summed E-state index contributed by atoms with van der Waals surface area (Å²) in [5.41, 5.74) is 1.16. The highest BCUT2D eigenvalue weighted by molar-refractivity contribution is 6.32. The summed E-state index contributed by atoms with van der Waals surface area (Å²) < 4.78 is 5.67. The quantitative estimate of drug-likeness (QED) is 0.805. The van der Waals surface area contributed by atoms with Gasteiger partial charge in [0.15, 0.2) is 0 Å². The summed E-state index contributed by atoms with van der Waals surface area (Å²) in [6.07, 6.45) is 0. The summed E-state index contributed by atoms with van der Waals surface area (Å²) >= 11 is 6.08. The smallest absolute Gasteiger partial charge is 0.138 e. The van der Waals surface area contributed by atoms with E-state index in [1.807, 2.05) is 25.1 Å². The predicted molar refractivity (Wildman–Crippen MR) is 68.6 cm³/mol. The van der Waals surface area contributed by atoms with Crippen LogP contribution < -0.4 is 9.64 Å². The van der Waals surface area contributed by atoms with E-state index >= 15 is 0 Å². The Morgan fingerprint density at radius 1 is 1.25 bits per heavy atom. The number of quaternary nitrogens is 1. The van der Waals surface area contributed by atoms with E-state index in [2.05, 4.69) is 13.8 Å². The van der Waals surface area contributed by atoms with Crippen molar-refractivity contribution >= 4 is 11.6 Å². The zero-order valence-electron chi connectivity index (χ0n) is 10.3. The van der Waals surface area contributed by atoms with Crippen molar-refractivity contribution in [1.29, 1.82) is 0 Å². The fourth-order valence-electron chi connectivity index (χ4n) is 1.63. The van der Waals surface area contributed by atoms with Gasteiger partial charge in [0.1, 0.15) is 18.9 Å². The van der Waals surface area contributed by atoms with Crippen LogP contribution in [0.2, 0.25) is 5.02 Å². The Balaban J connectivity index is 2.42. The van der Waals surface area contributed by atoms with Gasteiger partial charge in [0.25, 0.3) is 0 Å². The van der Waals surface area contributed by atoms with Crippen LogP contribution in [0.25, 0.3) is 0 Å². The molecule has 0 heterocycles. The minimum atomic E-state index is 0.703. The van der Waals surface area contributed by atoms with E-state index in [0.717, 1.165) is 37.6 Å². The summed E-state index contributed by atoms with van der Waals surface area (Å²) in [5, 5.41) is 0.703. The minimum Gasteiger partial charge on any atom is -0.486 e. The van der Waals surface area contributed by atoms with Crippen LogP contribution in [0.3, 0.4) is 0 Å². The topological polar surface area (TPSA) is 13.7 Å². The van der Waals surface area contributed by atoms with Gasteiger partial charge in [-0.25, -0.2) is 0 Å². The molecule has 3 heteroatoms. The molecule has 0 saturated carbocycles. The Hall–Kier alpha value is -0.730. The van der Waals surface area contributed by atoms with Crippen LogP contribution >= 0.6 is 11.6 Å². The van der Waals surface area contributed by atoms with E-state index in [1.165, 1.54) is 0 Å². The van der Waals surface area contributed by atoms with E-state index in [-0.39, 0.29) is 0 Å². The van der Waals surface area contributed by atoms with Gasteiger partial charge >= 0.3 is 0 Å². The SMILES string of the molecule is CC[NH+](CC)CCOc1ccc(C)cc1Cl. The number of halogens is 1. The molecule has 0 atom stereocenters. The van der Waals surface area contributed by atoms with E-state index in [9.17, 15) is 0 Å². The second-order valence-electron chi connectivity index (χ2n) is 3.99. The molecule has 2 nitrogen and oxygen atoms in total. The van der Waals surface area contributed by atoms with E-state index in [4.69, 9.17) is 16.3 Å². The monoisotopic (exact) mass is 242 g/mol. The Labute approximate surface area is 103 Å². The van der Waals surface area contributed by atoms with Gasteiger partial charge in [-0.15, -0.1) is 0 Å². The van der Waals surface area contributed by atoms with Crippen molar-refractivity contribution in [1.82, 2.24) is 0 Å². The van der Waals surface area contributed by atoms with Gasteiger partial charge in [-0.3, -0.25) is 0 Å². The number of ether oxygens (including phenoxy) is 1. The van der Waals surface area contributed by atoms with Gasteiger partial charge < -0.3 is 9.64 Å². The molecule has 0 aromatic heterocycles. The molecule has 1 aromatic rings. The lowest BCUT2D eigenvalue weighted by molar-refractivity contribution is -0.896. The molecule has 0 fully saturated rings. The lowest BCUT2D eigenvalue weighted by atomic mass is 10.2. The number of rotatable bonds is 6. The first-order valence-corrected chi connectivity index (χ1v) is 6.27. The number of nitrogens with one attached hydrogen (secondary N) is 1. The van der Waals surface area contributed by atoms with Crippen LogP contribution in [-0.4, -0.2) is 26.2 Å². The second-order valence-corrected chi connectivity index (χ2v) is 4.40. The number of hydrogen-bond acceptors (Lipinski definition) is 1. The fraction of sp³-hybridized carbons (Fsp3) is 0.538. The zero-order chi connectivity index (χ0) is 12.0. The number of benzene rings is 1. The van der Waals surface area contributed by atoms with Crippen LogP contribution in [0.5, 0.6) is 5.75 Å². The first-order valence-electron chi connectivity index (χ1n) is 5.89. The van der Waals surface area contributed by atoms with Crippen molar-refractivity contribution in [3.63, 3.8) is 0 Å². The van der Waals surface area contributed by atoms with Crippen molar-refractivity contribution in [3.05, 3.63) is 28.8 Å². The van der Waals surface area contributed by atoms with Gasteiger partial charge in [0.2, 0.25) is 0 Å². The molecule has 0 amide bonds. The summed E-state index contributed by atoms with van der Waals surface area (Å²) in [4.78, 5) is 1.54. The summed E-state index contributed by atoms with van der Waals surface area (Å²) in [6.45, 7) is 10.4. The first-order chi connectivity index (χ1) is 7.67. The number of aryl methyl sites for hydroxylation is 1. The molecule has 0 bridgehead atoms. The standard InChI is InChI=1S/C13H20ClNO/c1-4-15(5-2)8-9-16-13-7-6-11(3)10-12(13)14/h6-7,10H,4-5,8-9H2,1-3H3/p+1. The van der Waals surface area contributed by atoms with Crippen LogP contribution in [0.1, 0.15) is 19.4 Å². The minimum absolute atomic E-state index is 0.703. The lowest BCUT2D eigenvalue weighted by Gasteiger charge is -2.16. The fourth-order valence-corrected chi connectivity index (χ4v) is 1.92. The molecule has 1 N–H and O–H groups in total.